The molecule has 1 atom stereocenters. The first-order chi connectivity index (χ1) is 10.8. The van der Waals surface area contributed by atoms with Crippen LogP contribution in [0.25, 0.3) is 0 Å². The van der Waals surface area contributed by atoms with E-state index in [1.54, 1.807) is 0 Å². The summed E-state index contributed by atoms with van der Waals surface area (Å²) >= 11 is 5.97. The summed E-state index contributed by atoms with van der Waals surface area (Å²) in [5, 5.41) is 2.61. The Morgan fingerprint density at radius 2 is 2.00 bits per heavy atom. The van der Waals surface area contributed by atoms with E-state index in [1.165, 1.54) is 32.3 Å². The number of fused-ring (bicyclic) bond motifs is 1. The number of carbonyl (C=O) groups is 4. The van der Waals surface area contributed by atoms with Crippen LogP contribution in [0.2, 0.25) is 5.02 Å². The standard InChI is InChI=1S/C15H15ClN2O5/c1-17-11(19)7-15(14(22)23-3)10-6-8(16)4-5-9(10)12(20)18(2)13(15)21/h4-6H,7H2,1-3H3,(H,17,19). The zero-order valence-electron chi connectivity index (χ0n) is 12.8. The number of likely N-dealkylation sites (N-methyl/N-ethyl adjacent to an activating group) is 1. The van der Waals surface area contributed by atoms with E-state index in [9.17, 15) is 19.2 Å². The topological polar surface area (TPSA) is 92.8 Å². The van der Waals surface area contributed by atoms with Gasteiger partial charge in [0.2, 0.25) is 5.91 Å². The van der Waals surface area contributed by atoms with Gasteiger partial charge in [-0.2, -0.15) is 0 Å². The van der Waals surface area contributed by atoms with Crippen LogP contribution in [0.3, 0.4) is 0 Å². The normalized spacial score (nSPS) is 20.1. The highest BCUT2D eigenvalue weighted by atomic mass is 35.5. The molecule has 2 rings (SSSR count). The van der Waals surface area contributed by atoms with Gasteiger partial charge >= 0.3 is 5.97 Å². The van der Waals surface area contributed by atoms with Crippen molar-refractivity contribution in [3.05, 3.63) is 34.3 Å². The smallest absolute Gasteiger partial charge is 0.326 e. The van der Waals surface area contributed by atoms with Crippen LogP contribution in [-0.2, 0) is 24.5 Å². The van der Waals surface area contributed by atoms with E-state index in [0.717, 1.165) is 12.0 Å². The van der Waals surface area contributed by atoms with Gasteiger partial charge in [0.15, 0.2) is 5.41 Å². The van der Waals surface area contributed by atoms with Crippen molar-refractivity contribution in [3.8, 4) is 0 Å². The van der Waals surface area contributed by atoms with Gasteiger partial charge in [-0.05, 0) is 23.8 Å². The molecule has 1 unspecified atom stereocenters. The third kappa shape index (κ3) is 2.46. The number of nitrogens with zero attached hydrogens (tertiary/aromatic N) is 1. The minimum Gasteiger partial charge on any atom is -0.468 e. The number of benzene rings is 1. The number of halogens is 1. The van der Waals surface area contributed by atoms with Gasteiger partial charge in [0.1, 0.15) is 0 Å². The molecule has 0 spiro atoms. The summed E-state index contributed by atoms with van der Waals surface area (Å²) in [7, 11) is 3.75. The SMILES string of the molecule is CNC(=O)CC1(C(=O)OC)C(=O)N(C)C(=O)c2ccc(Cl)cc21. The van der Waals surface area contributed by atoms with Crippen molar-refractivity contribution in [2.24, 2.45) is 0 Å². The molecule has 0 saturated heterocycles. The highest BCUT2D eigenvalue weighted by molar-refractivity contribution is 6.31. The molecule has 122 valence electrons. The summed E-state index contributed by atoms with van der Waals surface area (Å²) in [6, 6.07) is 4.24. The molecule has 1 aromatic rings. The van der Waals surface area contributed by atoms with E-state index in [0.29, 0.717) is 0 Å². The molecule has 0 aromatic heterocycles. The van der Waals surface area contributed by atoms with Crippen molar-refractivity contribution in [1.29, 1.82) is 0 Å². The van der Waals surface area contributed by atoms with Crippen LogP contribution in [0, 0.1) is 0 Å². The van der Waals surface area contributed by atoms with Crippen LogP contribution in [0.4, 0.5) is 0 Å². The highest BCUT2D eigenvalue weighted by Crippen LogP contribution is 2.39. The lowest BCUT2D eigenvalue weighted by Gasteiger charge is -2.38. The number of carbonyl (C=O) groups excluding carboxylic acids is 4. The monoisotopic (exact) mass is 338 g/mol. The lowest BCUT2D eigenvalue weighted by Crippen LogP contribution is -2.58. The Hall–Kier alpha value is -2.41. The van der Waals surface area contributed by atoms with Crippen LogP contribution in [-0.4, -0.2) is 49.8 Å². The number of rotatable bonds is 3. The van der Waals surface area contributed by atoms with Crippen molar-refractivity contribution in [2.75, 3.05) is 21.2 Å². The molecule has 0 saturated carbocycles. The molecule has 0 radical (unpaired) electrons. The summed E-state index contributed by atoms with van der Waals surface area (Å²) in [6.45, 7) is 0. The summed E-state index contributed by atoms with van der Waals surface area (Å²) in [5.74, 6) is -2.86. The minimum atomic E-state index is -1.95. The van der Waals surface area contributed by atoms with Gasteiger partial charge in [0.05, 0.1) is 13.5 Å². The molecule has 8 heteroatoms. The van der Waals surface area contributed by atoms with Gasteiger partial charge in [0, 0.05) is 24.7 Å². The quantitative estimate of drug-likeness (QED) is 0.492. The molecule has 1 aromatic carbocycles. The maximum absolute atomic E-state index is 12.8. The molecule has 1 heterocycles. The Balaban J connectivity index is 2.82. The largest absolute Gasteiger partial charge is 0.468 e. The first-order valence-electron chi connectivity index (χ1n) is 6.71. The van der Waals surface area contributed by atoms with E-state index < -0.39 is 35.5 Å². The van der Waals surface area contributed by atoms with Gasteiger partial charge < -0.3 is 10.1 Å². The van der Waals surface area contributed by atoms with Gasteiger partial charge in [-0.25, -0.2) is 0 Å². The average molecular weight is 339 g/mol. The number of hydrogen-bond donors (Lipinski definition) is 1. The Morgan fingerprint density at radius 1 is 1.35 bits per heavy atom. The predicted octanol–water partition coefficient (Wildman–Crippen LogP) is 0.499. The molecule has 1 N–H and O–H groups in total. The molecule has 3 amide bonds. The summed E-state index contributed by atoms with van der Waals surface area (Å²) in [4.78, 5) is 50.3. The second-order valence-electron chi connectivity index (χ2n) is 5.11. The van der Waals surface area contributed by atoms with Gasteiger partial charge in [-0.3, -0.25) is 24.1 Å². The number of hydrogen-bond acceptors (Lipinski definition) is 5. The van der Waals surface area contributed by atoms with E-state index in [2.05, 4.69) is 5.32 Å². The van der Waals surface area contributed by atoms with Crippen molar-refractivity contribution in [3.63, 3.8) is 0 Å². The molecular weight excluding hydrogens is 324 g/mol. The predicted molar refractivity (Wildman–Crippen MR) is 80.9 cm³/mol. The Labute approximate surface area is 137 Å². The number of amides is 3. The van der Waals surface area contributed by atoms with E-state index in [1.807, 2.05) is 0 Å². The zero-order valence-corrected chi connectivity index (χ0v) is 13.6. The molecule has 1 aliphatic rings. The van der Waals surface area contributed by atoms with Crippen molar-refractivity contribution in [1.82, 2.24) is 10.2 Å². The number of esters is 1. The van der Waals surface area contributed by atoms with E-state index in [4.69, 9.17) is 16.3 Å². The number of methoxy groups -OCH3 is 1. The third-order valence-corrected chi connectivity index (χ3v) is 4.12. The van der Waals surface area contributed by atoms with Crippen LogP contribution < -0.4 is 5.32 Å². The second kappa shape index (κ2) is 6.00. The number of nitrogens with one attached hydrogen (secondary N) is 1. The molecule has 0 fully saturated rings. The maximum atomic E-state index is 12.8. The maximum Gasteiger partial charge on any atom is 0.326 e. The summed E-state index contributed by atoms with van der Waals surface area (Å²) in [6.07, 6.45) is -0.486. The summed E-state index contributed by atoms with van der Waals surface area (Å²) < 4.78 is 4.77. The highest BCUT2D eigenvalue weighted by Gasteiger charge is 2.57. The lowest BCUT2D eigenvalue weighted by atomic mass is 9.71. The third-order valence-electron chi connectivity index (χ3n) is 3.88. The average Bonchev–Trinajstić information content (AvgIpc) is 2.55. The Bertz CT molecular complexity index is 718. The fourth-order valence-electron chi connectivity index (χ4n) is 2.67. The zero-order chi connectivity index (χ0) is 17.4. The Morgan fingerprint density at radius 3 is 2.57 bits per heavy atom. The van der Waals surface area contributed by atoms with E-state index >= 15 is 0 Å². The fourth-order valence-corrected chi connectivity index (χ4v) is 2.85. The van der Waals surface area contributed by atoms with E-state index in [-0.39, 0.29) is 16.1 Å². The van der Waals surface area contributed by atoms with Crippen molar-refractivity contribution in [2.45, 2.75) is 11.8 Å². The molecular formula is C15H15ClN2O5. The molecule has 7 nitrogen and oxygen atoms in total. The van der Waals surface area contributed by atoms with Crippen LogP contribution in [0.5, 0.6) is 0 Å². The van der Waals surface area contributed by atoms with Gasteiger partial charge in [-0.1, -0.05) is 11.6 Å². The Kier molecular flexibility index (Phi) is 4.42. The fraction of sp³-hybridized carbons (Fsp3) is 0.333. The van der Waals surface area contributed by atoms with Crippen molar-refractivity contribution >= 4 is 35.3 Å². The second-order valence-corrected chi connectivity index (χ2v) is 5.54. The minimum absolute atomic E-state index is 0.0774. The molecule has 23 heavy (non-hydrogen) atoms. The summed E-state index contributed by atoms with van der Waals surface area (Å²) in [5.41, 5.74) is -1.74. The van der Waals surface area contributed by atoms with Crippen LogP contribution in [0.15, 0.2) is 18.2 Å². The van der Waals surface area contributed by atoms with Crippen molar-refractivity contribution < 1.29 is 23.9 Å². The first kappa shape index (κ1) is 17.0. The first-order valence-corrected chi connectivity index (χ1v) is 7.09. The van der Waals surface area contributed by atoms with Crippen LogP contribution >= 0.6 is 11.6 Å². The molecule has 0 aliphatic carbocycles. The molecule has 1 aliphatic heterocycles. The lowest BCUT2D eigenvalue weighted by molar-refractivity contribution is -0.158. The van der Waals surface area contributed by atoms with Gasteiger partial charge in [0.25, 0.3) is 11.8 Å². The number of ether oxygens (including phenoxy) is 1. The van der Waals surface area contributed by atoms with Gasteiger partial charge in [-0.15, -0.1) is 0 Å². The van der Waals surface area contributed by atoms with Crippen LogP contribution in [0.1, 0.15) is 22.3 Å². The molecule has 0 bridgehead atoms. The number of imide groups is 1.